The predicted molar refractivity (Wildman–Crippen MR) is 111 cm³/mol. The highest BCUT2D eigenvalue weighted by Crippen LogP contribution is 2.36. The van der Waals surface area contributed by atoms with Gasteiger partial charge in [0, 0.05) is 12.0 Å². The van der Waals surface area contributed by atoms with Gasteiger partial charge in [0.25, 0.3) is 0 Å². The van der Waals surface area contributed by atoms with Gasteiger partial charge in [-0.15, -0.1) is 11.3 Å². The normalized spacial score (nSPS) is 10.9. The third kappa shape index (κ3) is 5.34. The van der Waals surface area contributed by atoms with Gasteiger partial charge in [-0.2, -0.15) is 0 Å². The van der Waals surface area contributed by atoms with E-state index in [9.17, 15) is 13.6 Å². The number of carbonyl (C=O) groups is 1. The number of hydrogen-bond acceptors (Lipinski definition) is 3. The molecule has 29 heavy (non-hydrogen) atoms. The molecule has 0 unspecified atom stereocenters. The van der Waals surface area contributed by atoms with Crippen LogP contribution in [0.2, 0.25) is 4.34 Å². The standard InChI is InChI=1S/C22H19ClF2O3S/c1-2-13-3-6-15(7-4-13)16-11-20(23)29-19(16)12-28-22-17(24)9-14(10-18(22)25)5-8-21(26)27/h3-4,6-7,9-11H,2,5,8,12H2,1H3,(H,26,27). The molecule has 0 radical (unpaired) electrons. The number of hydrogen-bond donors (Lipinski definition) is 1. The van der Waals surface area contributed by atoms with E-state index in [1.54, 1.807) is 0 Å². The van der Waals surface area contributed by atoms with Crippen molar-refractivity contribution in [3.63, 3.8) is 0 Å². The zero-order chi connectivity index (χ0) is 21.0. The van der Waals surface area contributed by atoms with E-state index in [4.69, 9.17) is 21.4 Å². The van der Waals surface area contributed by atoms with E-state index < -0.39 is 23.4 Å². The lowest BCUT2D eigenvalue weighted by Crippen LogP contribution is -2.02. The van der Waals surface area contributed by atoms with Crippen LogP contribution < -0.4 is 4.74 Å². The Morgan fingerprint density at radius 2 is 1.76 bits per heavy atom. The van der Waals surface area contributed by atoms with Gasteiger partial charge in [0.15, 0.2) is 17.4 Å². The Bertz CT molecular complexity index is 992. The first-order valence-electron chi connectivity index (χ1n) is 9.07. The lowest BCUT2D eigenvalue weighted by molar-refractivity contribution is -0.136. The fraction of sp³-hybridized carbons (Fsp3) is 0.227. The van der Waals surface area contributed by atoms with Crippen LogP contribution in [-0.4, -0.2) is 11.1 Å². The first-order chi connectivity index (χ1) is 13.9. The van der Waals surface area contributed by atoms with Crippen LogP contribution in [0.25, 0.3) is 11.1 Å². The molecule has 0 atom stereocenters. The minimum atomic E-state index is -1.03. The van der Waals surface area contributed by atoms with Gasteiger partial charge in [-0.25, -0.2) is 8.78 Å². The number of ether oxygens (including phenoxy) is 1. The molecule has 0 aliphatic heterocycles. The second-order valence-corrected chi connectivity index (χ2v) is 8.28. The van der Waals surface area contributed by atoms with E-state index in [0.29, 0.717) is 4.34 Å². The molecule has 3 aromatic rings. The number of aliphatic carboxylic acids is 1. The van der Waals surface area contributed by atoms with Gasteiger partial charge < -0.3 is 9.84 Å². The molecule has 152 valence electrons. The molecule has 7 heteroatoms. The van der Waals surface area contributed by atoms with Crippen LogP contribution in [-0.2, 0) is 24.2 Å². The third-order valence-corrected chi connectivity index (χ3v) is 5.72. The molecule has 0 saturated carbocycles. The Labute approximate surface area is 176 Å². The van der Waals surface area contributed by atoms with Crippen LogP contribution in [0.4, 0.5) is 8.78 Å². The summed E-state index contributed by atoms with van der Waals surface area (Å²) in [6.45, 7) is 2.04. The Kier molecular flexibility index (Phi) is 6.87. The van der Waals surface area contributed by atoms with Crippen molar-refractivity contribution in [2.75, 3.05) is 0 Å². The molecule has 1 N–H and O–H groups in total. The van der Waals surface area contributed by atoms with Crippen molar-refractivity contribution in [1.29, 1.82) is 0 Å². The number of halogens is 3. The maximum absolute atomic E-state index is 14.3. The molecule has 3 rings (SSSR count). The van der Waals surface area contributed by atoms with E-state index in [2.05, 4.69) is 6.92 Å². The number of carboxylic acid groups (broad SMARTS) is 1. The molecule has 1 aromatic heterocycles. The molecule has 0 spiro atoms. The van der Waals surface area contributed by atoms with Crippen LogP contribution >= 0.6 is 22.9 Å². The van der Waals surface area contributed by atoms with Gasteiger partial charge in [0.2, 0.25) is 0 Å². The van der Waals surface area contributed by atoms with Crippen LogP contribution in [0.5, 0.6) is 5.75 Å². The van der Waals surface area contributed by atoms with Crippen LogP contribution in [0.3, 0.4) is 0 Å². The number of benzene rings is 2. The van der Waals surface area contributed by atoms with E-state index in [0.717, 1.165) is 34.6 Å². The molecule has 0 aliphatic rings. The molecule has 3 nitrogen and oxygen atoms in total. The Hall–Kier alpha value is -2.44. The minimum Gasteiger partial charge on any atom is -0.482 e. The SMILES string of the molecule is CCc1ccc(-c2cc(Cl)sc2COc2c(F)cc(CCC(=O)O)cc2F)cc1. The quantitative estimate of drug-likeness (QED) is 0.438. The summed E-state index contributed by atoms with van der Waals surface area (Å²) < 4.78 is 34.6. The third-order valence-electron chi connectivity index (χ3n) is 4.49. The maximum atomic E-state index is 14.3. The highest BCUT2D eigenvalue weighted by atomic mass is 35.5. The minimum absolute atomic E-state index is 0.0371. The number of aryl methyl sites for hydroxylation is 2. The van der Waals surface area contributed by atoms with Crippen LogP contribution in [0, 0.1) is 11.6 Å². The van der Waals surface area contributed by atoms with Gasteiger partial charge in [0.05, 0.1) is 9.21 Å². The fourth-order valence-electron chi connectivity index (χ4n) is 2.95. The molecule has 0 aliphatic carbocycles. The summed E-state index contributed by atoms with van der Waals surface area (Å²) in [7, 11) is 0. The van der Waals surface area contributed by atoms with Crippen LogP contribution in [0.15, 0.2) is 42.5 Å². The molecule has 1 heterocycles. The second kappa shape index (κ2) is 9.37. The second-order valence-electron chi connectivity index (χ2n) is 6.51. The summed E-state index contributed by atoms with van der Waals surface area (Å²) in [5.41, 5.74) is 3.29. The van der Waals surface area contributed by atoms with Gasteiger partial charge in [-0.05, 0) is 47.7 Å². The number of rotatable bonds is 8. The molecule has 2 aromatic carbocycles. The topological polar surface area (TPSA) is 46.5 Å². The molecule has 0 amide bonds. The largest absolute Gasteiger partial charge is 0.482 e. The molecular formula is C22H19ClF2O3S. The van der Waals surface area contributed by atoms with E-state index in [-0.39, 0.29) is 25.0 Å². The molecule has 0 saturated heterocycles. The van der Waals surface area contributed by atoms with Crippen molar-refractivity contribution in [3.8, 4) is 16.9 Å². The van der Waals surface area contributed by atoms with E-state index in [1.165, 1.54) is 16.9 Å². The summed E-state index contributed by atoms with van der Waals surface area (Å²) in [6, 6.07) is 12.0. The van der Waals surface area contributed by atoms with Crippen molar-refractivity contribution < 1.29 is 23.4 Å². The van der Waals surface area contributed by atoms with Crippen molar-refractivity contribution >= 4 is 28.9 Å². The van der Waals surface area contributed by atoms with Gasteiger partial charge in [-0.1, -0.05) is 42.8 Å². The average Bonchev–Trinajstić information content (AvgIpc) is 3.06. The summed E-state index contributed by atoms with van der Waals surface area (Å²) >= 11 is 7.46. The first kappa shape index (κ1) is 21.3. The van der Waals surface area contributed by atoms with Crippen molar-refractivity contribution in [3.05, 3.63) is 74.4 Å². The van der Waals surface area contributed by atoms with Crippen molar-refractivity contribution in [2.24, 2.45) is 0 Å². The van der Waals surface area contributed by atoms with Gasteiger partial charge in [-0.3, -0.25) is 4.79 Å². The Balaban J connectivity index is 1.79. The number of thiophene rings is 1. The summed E-state index contributed by atoms with van der Waals surface area (Å²) in [5.74, 6) is -3.23. The summed E-state index contributed by atoms with van der Waals surface area (Å²) in [5, 5.41) is 8.71. The lowest BCUT2D eigenvalue weighted by atomic mass is 10.0. The average molecular weight is 437 g/mol. The summed E-state index contributed by atoms with van der Waals surface area (Å²) in [4.78, 5) is 11.4. The lowest BCUT2D eigenvalue weighted by Gasteiger charge is -2.11. The van der Waals surface area contributed by atoms with Crippen LogP contribution in [0.1, 0.15) is 29.3 Å². The molecule has 0 fully saturated rings. The van der Waals surface area contributed by atoms with E-state index >= 15 is 0 Å². The van der Waals surface area contributed by atoms with Gasteiger partial charge in [0.1, 0.15) is 6.61 Å². The highest BCUT2D eigenvalue weighted by molar-refractivity contribution is 7.16. The Morgan fingerprint density at radius 1 is 1.10 bits per heavy atom. The van der Waals surface area contributed by atoms with Gasteiger partial charge >= 0.3 is 5.97 Å². The first-order valence-corrected chi connectivity index (χ1v) is 10.3. The smallest absolute Gasteiger partial charge is 0.303 e. The van der Waals surface area contributed by atoms with Crippen molar-refractivity contribution in [1.82, 2.24) is 0 Å². The fourth-order valence-corrected chi connectivity index (χ4v) is 4.16. The zero-order valence-corrected chi connectivity index (χ0v) is 17.2. The molecule has 0 bridgehead atoms. The highest BCUT2D eigenvalue weighted by Gasteiger charge is 2.16. The summed E-state index contributed by atoms with van der Waals surface area (Å²) in [6.07, 6.45) is 0.774. The predicted octanol–water partition coefficient (Wildman–Crippen LogP) is 6.51. The maximum Gasteiger partial charge on any atom is 0.303 e. The van der Waals surface area contributed by atoms with Crippen molar-refractivity contribution in [2.45, 2.75) is 32.8 Å². The van der Waals surface area contributed by atoms with E-state index in [1.807, 2.05) is 30.3 Å². The molecular weight excluding hydrogens is 418 g/mol. The number of carboxylic acids is 1. The zero-order valence-electron chi connectivity index (χ0n) is 15.7. The Morgan fingerprint density at radius 3 is 2.34 bits per heavy atom. The monoisotopic (exact) mass is 436 g/mol.